The van der Waals surface area contributed by atoms with Gasteiger partial charge < -0.3 is 0 Å². The summed E-state index contributed by atoms with van der Waals surface area (Å²) in [7, 11) is 0. The van der Waals surface area contributed by atoms with Crippen LogP contribution in [-0.4, -0.2) is 22.3 Å². The molecule has 3 heterocycles. The molecule has 2 aromatic heterocycles. The van der Waals surface area contributed by atoms with Crippen molar-refractivity contribution in [3.63, 3.8) is 0 Å². The number of thiazole rings is 1. The molecule has 27 heavy (non-hydrogen) atoms. The zero-order chi connectivity index (χ0) is 18.8. The lowest BCUT2D eigenvalue weighted by atomic mass is 10.1. The Hall–Kier alpha value is -2.02. The number of rotatable bonds is 5. The van der Waals surface area contributed by atoms with Gasteiger partial charge in [0.1, 0.15) is 0 Å². The van der Waals surface area contributed by atoms with Crippen LogP contribution in [0.1, 0.15) is 35.5 Å². The highest BCUT2D eigenvalue weighted by molar-refractivity contribution is 7.14. The Bertz CT molecular complexity index is 946. The van der Waals surface area contributed by atoms with Crippen LogP contribution in [0.3, 0.4) is 0 Å². The number of benzene rings is 1. The van der Waals surface area contributed by atoms with Crippen LogP contribution in [0.5, 0.6) is 0 Å². The minimum atomic E-state index is -0.00214. The van der Waals surface area contributed by atoms with Crippen LogP contribution in [0.25, 0.3) is 0 Å². The Morgan fingerprint density at radius 1 is 1.26 bits per heavy atom. The second-order valence-corrected chi connectivity index (χ2v) is 8.63. The Kier molecular flexibility index (Phi) is 5.38. The molecule has 0 saturated carbocycles. The van der Waals surface area contributed by atoms with Crippen LogP contribution in [0.4, 0.5) is 10.8 Å². The summed E-state index contributed by atoms with van der Waals surface area (Å²) in [6.07, 6.45) is 2.00. The van der Waals surface area contributed by atoms with E-state index in [0.717, 1.165) is 54.6 Å². The SMILES string of the molecule is CCc1ccccc1N(C(C)=O)c1nc(CN2CCc3sccc3C2)cs1. The van der Waals surface area contributed by atoms with E-state index in [9.17, 15) is 4.79 Å². The van der Waals surface area contributed by atoms with Crippen molar-refractivity contribution in [2.75, 3.05) is 11.4 Å². The number of thiophene rings is 1. The Labute approximate surface area is 168 Å². The van der Waals surface area contributed by atoms with Crippen LogP contribution in [0.15, 0.2) is 41.1 Å². The minimum Gasteiger partial charge on any atom is -0.293 e. The van der Waals surface area contributed by atoms with Gasteiger partial charge in [-0.1, -0.05) is 25.1 Å². The number of aromatic nitrogens is 1. The van der Waals surface area contributed by atoms with Crippen LogP contribution in [0.2, 0.25) is 0 Å². The molecule has 0 atom stereocenters. The molecule has 0 unspecified atom stereocenters. The average molecular weight is 398 g/mol. The lowest BCUT2D eigenvalue weighted by molar-refractivity contribution is -0.115. The normalized spacial score (nSPS) is 14.1. The molecule has 1 aliphatic heterocycles. The van der Waals surface area contributed by atoms with Gasteiger partial charge in [-0.25, -0.2) is 4.98 Å². The number of aryl methyl sites for hydroxylation is 1. The second kappa shape index (κ2) is 7.92. The smallest absolute Gasteiger partial charge is 0.230 e. The average Bonchev–Trinajstić information content (AvgIpc) is 3.31. The zero-order valence-corrected chi connectivity index (χ0v) is 17.3. The maximum absolute atomic E-state index is 12.4. The van der Waals surface area contributed by atoms with Gasteiger partial charge in [0.15, 0.2) is 5.13 Å². The molecular formula is C21H23N3OS2. The Morgan fingerprint density at radius 3 is 2.93 bits per heavy atom. The maximum Gasteiger partial charge on any atom is 0.230 e. The van der Waals surface area contributed by atoms with Crippen LogP contribution >= 0.6 is 22.7 Å². The largest absolute Gasteiger partial charge is 0.293 e. The number of carbonyl (C=O) groups is 1. The lowest BCUT2D eigenvalue weighted by Crippen LogP contribution is -2.29. The van der Waals surface area contributed by atoms with E-state index < -0.39 is 0 Å². The number of para-hydroxylation sites is 1. The summed E-state index contributed by atoms with van der Waals surface area (Å²) < 4.78 is 0. The van der Waals surface area contributed by atoms with E-state index in [1.165, 1.54) is 10.4 Å². The van der Waals surface area contributed by atoms with Crippen molar-refractivity contribution < 1.29 is 4.79 Å². The van der Waals surface area contributed by atoms with E-state index in [2.05, 4.69) is 34.7 Å². The molecule has 0 spiro atoms. The van der Waals surface area contributed by atoms with Crippen molar-refractivity contribution in [3.05, 3.63) is 62.8 Å². The first-order valence-corrected chi connectivity index (χ1v) is 11.0. The molecule has 3 aromatic rings. The number of anilines is 2. The summed E-state index contributed by atoms with van der Waals surface area (Å²) in [5.74, 6) is -0.00214. The summed E-state index contributed by atoms with van der Waals surface area (Å²) >= 11 is 3.41. The number of amides is 1. The highest BCUT2D eigenvalue weighted by Gasteiger charge is 2.22. The minimum absolute atomic E-state index is 0.00214. The summed E-state index contributed by atoms with van der Waals surface area (Å²) in [6, 6.07) is 10.3. The topological polar surface area (TPSA) is 36.4 Å². The van der Waals surface area contributed by atoms with Crippen molar-refractivity contribution in [1.82, 2.24) is 9.88 Å². The van der Waals surface area contributed by atoms with Crippen LogP contribution in [0, 0.1) is 0 Å². The third-order valence-electron chi connectivity index (χ3n) is 4.93. The molecule has 1 aromatic carbocycles. The van der Waals surface area contributed by atoms with Gasteiger partial charge in [-0.3, -0.25) is 14.6 Å². The summed E-state index contributed by atoms with van der Waals surface area (Å²) in [5, 5.41) is 5.03. The van der Waals surface area contributed by atoms with Gasteiger partial charge in [-0.05, 0) is 41.5 Å². The van der Waals surface area contributed by atoms with Crippen molar-refractivity contribution in [2.45, 2.75) is 39.8 Å². The van der Waals surface area contributed by atoms with Gasteiger partial charge in [0.05, 0.1) is 11.4 Å². The molecule has 6 heteroatoms. The summed E-state index contributed by atoms with van der Waals surface area (Å²) in [4.78, 5) is 22.9. The second-order valence-electron chi connectivity index (χ2n) is 6.79. The standard InChI is InChI=1S/C21H23N3OS2/c1-3-16-6-4-5-7-19(16)24(15(2)25)21-22-18(14-27-21)13-23-10-8-20-17(12-23)9-11-26-20/h4-7,9,11,14H,3,8,10,12-13H2,1-2H3. The predicted molar refractivity (Wildman–Crippen MR) is 113 cm³/mol. The monoisotopic (exact) mass is 397 g/mol. The molecule has 1 aliphatic rings. The highest BCUT2D eigenvalue weighted by Crippen LogP contribution is 2.32. The molecule has 4 rings (SSSR count). The van der Waals surface area contributed by atoms with E-state index in [4.69, 9.17) is 4.98 Å². The van der Waals surface area contributed by atoms with Crippen molar-refractivity contribution in [2.24, 2.45) is 0 Å². The fourth-order valence-electron chi connectivity index (χ4n) is 3.58. The number of carbonyl (C=O) groups excluding carboxylic acids is 1. The molecule has 0 radical (unpaired) electrons. The number of hydrogen-bond acceptors (Lipinski definition) is 5. The molecule has 0 saturated heterocycles. The van der Waals surface area contributed by atoms with Gasteiger partial charge in [0, 0.05) is 36.8 Å². The lowest BCUT2D eigenvalue weighted by Gasteiger charge is -2.26. The number of hydrogen-bond donors (Lipinski definition) is 0. The summed E-state index contributed by atoms with van der Waals surface area (Å²) in [6.45, 7) is 6.60. The fraction of sp³-hybridized carbons (Fsp3) is 0.333. The van der Waals surface area contributed by atoms with Gasteiger partial charge in [-0.15, -0.1) is 22.7 Å². The molecule has 0 N–H and O–H groups in total. The molecule has 1 amide bonds. The first-order valence-electron chi connectivity index (χ1n) is 9.26. The van der Waals surface area contributed by atoms with E-state index in [1.54, 1.807) is 23.2 Å². The van der Waals surface area contributed by atoms with Gasteiger partial charge in [0.25, 0.3) is 0 Å². The van der Waals surface area contributed by atoms with E-state index in [0.29, 0.717) is 0 Å². The predicted octanol–water partition coefficient (Wildman–Crippen LogP) is 5.01. The quantitative estimate of drug-likeness (QED) is 0.607. The third kappa shape index (κ3) is 3.83. The molecule has 0 fully saturated rings. The fourth-order valence-corrected chi connectivity index (χ4v) is 5.34. The maximum atomic E-state index is 12.4. The molecule has 0 bridgehead atoms. The summed E-state index contributed by atoms with van der Waals surface area (Å²) in [5.41, 5.74) is 4.58. The Morgan fingerprint density at radius 2 is 2.11 bits per heavy atom. The van der Waals surface area contributed by atoms with Gasteiger partial charge in [0.2, 0.25) is 5.91 Å². The van der Waals surface area contributed by atoms with Gasteiger partial charge in [-0.2, -0.15) is 0 Å². The van der Waals surface area contributed by atoms with E-state index >= 15 is 0 Å². The first kappa shape index (κ1) is 18.3. The molecule has 140 valence electrons. The van der Waals surface area contributed by atoms with Gasteiger partial charge >= 0.3 is 0 Å². The first-order chi connectivity index (χ1) is 13.2. The highest BCUT2D eigenvalue weighted by atomic mass is 32.1. The number of fused-ring (bicyclic) bond motifs is 1. The van der Waals surface area contributed by atoms with Crippen LogP contribution < -0.4 is 4.90 Å². The third-order valence-corrected chi connectivity index (χ3v) is 6.83. The van der Waals surface area contributed by atoms with Crippen molar-refractivity contribution >= 4 is 39.4 Å². The van der Waals surface area contributed by atoms with E-state index in [-0.39, 0.29) is 5.91 Å². The molecule has 0 aliphatic carbocycles. The zero-order valence-electron chi connectivity index (χ0n) is 15.6. The Balaban J connectivity index is 1.54. The number of nitrogens with zero attached hydrogens (tertiary/aromatic N) is 3. The van der Waals surface area contributed by atoms with Crippen molar-refractivity contribution in [1.29, 1.82) is 0 Å². The molecular weight excluding hydrogens is 374 g/mol. The van der Waals surface area contributed by atoms with Crippen LogP contribution in [-0.2, 0) is 30.7 Å². The molecule has 4 nitrogen and oxygen atoms in total. The van der Waals surface area contributed by atoms with Crippen molar-refractivity contribution in [3.8, 4) is 0 Å². The van der Waals surface area contributed by atoms with E-state index in [1.807, 2.05) is 29.5 Å².